The van der Waals surface area contributed by atoms with Crippen molar-refractivity contribution < 1.29 is 47.6 Å². The van der Waals surface area contributed by atoms with Crippen molar-refractivity contribution in [2.45, 2.75) is 91.9 Å². The maximum atomic E-state index is 12.6. The Bertz CT molecular complexity index is 1010. The van der Waals surface area contributed by atoms with Crippen LogP contribution in [-0.2, 0) is 35.0 Å². The summed E-state index contributed by atoms with van der Waals surface area (Å²) in [5.74, 6) is -1.45. The molecule has 214 valence electrons. The molecule has 0 saturated heterocycles. The Morgan fingerprint density at radius 1 is 0.763 bits per heavy atom. The zero-order valence-electron chi connectivity index (χ0n) is 24.0. The van der Waals surface area contributed by atoms with Gasteiger partial charge in [-0.05, 0) is 80.0 Å². The van der Waals surface area contributed by atoms with E-state index in [1.165, 1.54) is 25.3 Å². The number of hydrogen-bond acceptors (Lipinski definition) is 11. The van der Waals surface area contributed by atoms with Crippen molar-refractivity contribution in [2.24, 2.45) is 11.1 Å². The van der Waals surface area contributed by atoms with E-state index in [-0.39, 0.29) is 30.9 Å². The second-order valence-electron chi connectivity index (χ2n) is 11.9. The van der Waals surface area contributed by atoms with Gasteiger partial charge in [0.05, 0.1) is 19.1 Å². The molecule has 0 saturated carbocycles. The van der Waals surface area contributed by atoms with Gasteiger partial charge in [-0.15, -0.1) is 0 Å². The molecule has 11 heteroatoms. The molecule has 2 N–H and O–H groups in total. The number of esters is 2. The fourth-order valence-corrected chi connectivity index (χ4v) is 2.92. The normalized spacial score (nSPS) is 13.6. The minimum atomic E-state index is -1.58. The van der Waals surface area contributed by atoms with E-state index in [2.05, 4.69) is 0 Å². The highest BCUT2D eigenvalue weighted by molar-refractivity contribution is 5.81. The van der Waals surface area contributed by atoms with Gasteiger partial charge in [0, 0.05) is 12.8 Å². The van der Waals surface area contributed by atoms with E-state index in [4.69, 9.17) is 34.2 Å². The molecule has 0 amide bonds. The number of carbonyl (C=O) groups is 4. The van der Waals surface area contributed by atoms with Crippen LogP contribution in [0, 0.1) is 5.41 Å². The molecule has 0 heterocycles. The van der Waals surface area contributed by atoms with Crippen LogP contribution in [-0.4, -0.2) is 54.7 Å². The first-order valence-corrected chi connectivity index (χ1v) is 12.1. The zero-order valence-corrected chi connectivity index (χ0v) is 24.0. The summed E-state index contributed by atoms with van der Waals surface area (Å²) < 4.78 is 31.1. The van der Waals surface area contributed by atoms with E-state index < -0.39 is 46.4 Å². The molecule has 0 aliphatic rings. The topological polar surface area (TPSA) is 150 Å². The first-order chi connectivity index (χ1) is 17.1. The molecule has 0 radical (unpaired) electrons. The summed E-state index contributed by atoms with van der Waals surface area (Å²) in [4.78, 5) is 49.3. The van der Waals surface area contributed by atoms with E-state index in [1.54, 1.807) is 62.3 Å². The lowest BCUT2D eigenvalue weighted by molar-refractivity contribution is -0.156. The highest BCUT2D eigenvalue weighted by atomic mass is 16.8. The van der Waals surface area contributed by atoms with Crippen LogP contribution in [0.2, 0.25) is 0 Å². The number of hydrogen-bond donors (Lipinski definition) is 1. The van der Waals surface area contributed by atoms with E-state index >= 15 is 0 Å². The maximum absolute atomic E-state index is 12.6. The standard InChI is InChI=1S/C27H41NO10/c1-24(2,3)20(29)34-14-13-27(28,21(30)33-10)16-17-11-12-18(35-22(31)37-25(4,5)6)19(15-17)36-23(32)38-26(7,8)9/h11-12,15H,13-14,16,28H2,1-10H3/t27-/m1/s1. The Labute approximate surface area is 224 Å². The van der Waals surface area contributed by atoms with Crippen molar-refractivity contribution in [2.75, 3.05) is 13.7 Å². The summed E-state index contributed by atoms with van der Waals surface area (Å²) in [5.41, 5.74) is 2.87. The minimum absolute atomic E-state index is 0.0418. The Morgan fingerprint density at radius 2 is 1.26 bits per heavy atom. The molecule has 38 heavy (non-hydrogen) atoms. The van der Waals surface area contributed by atoms with Gasteiger partial charge < -0.3 is 34.2 Å². The fraction of sp³-hybridized carbons (Fsp3) is 0.630. The van der Waals surface area contributed by atoms with Gasteiger partial charge in [-0.1, -0.05) is 6.07 Å². The number of ether oxygens (including phenoxy) is 6. The Balaban J connectivity index is 3.26. The average Bonchev–Trinajstić information content (AvgIpc) is 2.71. The first kappa shape index (κ1) is 32.7. The van der Waals surface area contributed by atoms with Gasteiger partial charge in [0.15, 0.2) is 11.5 Å². The number of benzene rings is 1. The molecular formula is C27H41NO10. The van der Waals surface area contributed by atoms with Crippen LogP contribution < -0.4 is 15.2 Å². The van der Waals surface area contributed by atoms with Crippen molar-refractivity contribution in [3.63, 3.8) is 0 Å². The van der Waals surface area contributed by atoms with Crippen molar-refractivity contribution in [1.82, 2.24) is 0 Å². The predicted octanol–water partition coefficient (Wildman–Crippen LogP) is 4.71. The van der Waals surface area contributed by atoms with Crippen LogP contribution >= 0.6 is 0 Å². The summed E-state index contributed by atoms with van der Waals surface area (Å²) in [6.07, 6.45) is -2.17. The third-order valence-corrected chi connectivity index (χ3v) is 4.68. The largest absolute Gasteiger partial charge is 0.514 e. The molecule has 1 aromatic carbocycles. The number of nitrogens with two attached hydrogens (primary N) is 1. The lowest BCUT2D eigenvalue weighted by atomic mass is 9.88. The lowest BCUT2D eigenvalue weighted by Crippen LogP contribution is -2.51. The van der Waals surface area contributed by atoms with E-state index in [0.717, 1.165) is 0 Å². The Kier molecular flexibility index (Phi) is 10.7. The summed E-state index contributed by atoms with van der Waals surface area (Å²) in [6.45, 7) is 15.0. The van der Waals surface area contributed by atoms with Crippen LogP contribution in [0.15, 0.2) is 18.2 Å². The van der Waals surface area contributed by atoms with Gasteiger partial charge >= 0.3 is 24.2 Å². The summed E-state index contributed by atoms with van der Waals surface area (Å²) in [7, 11) is 1.19. The monoisotopic (exact) mass is 539 g/mol. The summed E-state index contributed by atoms with van der Waals surface area (Å²) >= 11 is 0. The molecule has 1 atom stereocenters. The molecular weight excluding hydrogens is 498 g/mol. The lowest BCUT2D eigenvalue weighted by Gasteiger charge is -2.27. The minimum Gasteiger partial charge on any atom is -0.468 e. The number of carbonyl (C=O) groups excluding carboxylic acids is 4. The van der Waals surface area contributed by atoms with Crippen LogP contribution in [0.4, 0.5) is 9.59 Å². The Hall–Kier alpha value is -3.34. The van der Waals surface area contributed by atoms with E-state index in [1.807, 2.05) is 0 Å². The number of methoxy groups -OCH3 is 1. The molecule has 0 aliphatic heterocycles. The van der Waals surface area contributed by atoms with E-state index in [0.29, 0.717) is 5.56 Å². The van der Waals surface area contributed by atoms with Gasteiger partial charge in [0.2, 0.25) is 0 Å². The molecule has 0 aromatic heterocycles. The highest BCUT2D eigenvalue weighted by Crippen LogP contribution is 2.32. The second kappa shape index (κ2) is 12.5. The number of rotatable bonds is 8. The molecule has 1 rings (SSSR count). The van der Waals surface area contributed by atoms with Crippen molar-refractivity contribution in [3.8, 4) is 11.5 Å². The quantitative estimate of drug-likeness (QED) is 0.278. The predicted molar refractivity (Wildman–Crippen MR) is 138 cm³/mol. The molecule has 0 fully saturated rings. The molecule has 0 aliphatic carbocycles. The third kappa shape index (κ3) is 11.4. The van der Waals surface area contributed by atoms with Crippen molar-refractivity contribution in [3.05, 3.63) is 23.8 Å². The molecule has 0 spiro atoms. The fourth-order valence-electron chi connectivity index (χ4n) is 2.92. The molecule has 0 unspecified atom stereocenters. The van der Waals surface area contributed by atoms with Crippen LogP contribution in [0.1, 0.15) is 74.3 Å². The molecule has 11 nitrogen and oxygen atoms in total. The van der Waals surface area contributed by atoms with Crippen molar-refractivity contribution >= 4 is 24.2 Å². The molecule has 0 bridgehead atoms. The van der Waals surface area contributed by atoms with Gasteiger partial charge in [-0.2, -0.15) is 0 Å². The van der Waals surface area contributed by atoms with Gasteiger partial charge in [-0.3, -0.25) is 9.59 Å². The van der Waals surface area contributed by atoms with Crippen LogP contribution in [0.5, 0.6) is 11.5 Å². The first-order valence-electron chi connectivity index (χ1n) is 12.1. The van der Waals surface area contributed by atoms with Gasteiger partial charge in [0.1, 0.15) is 16.7 Å². The smallest absolute Gasteiger partial charge is 0.468 e. The van der Waals surface area contributed by atoms with Crippen LogP contribution in [0.3, 0.4) is 0 Å². The summed E-state index contributed by atoms with van der Waals surface area (Å²) in [5, 5.41) is 0. The van der Waals surface area contributed by atoms with Gasteiger partial charge in [-0.25, -0.2) is 9.59 Å². The highest BCUT2D eigenvalue weighted by Gasteiger charge is 2.37. The van der Waals surface area contributed by atoms with E-state index in [9.17, 15) is 19.2 Å². The average molecular weight is 540 g/mol. The van der Waals surface area contributed by atoms with Crippen molar-refractivity contribution in [1.29, 1.82) is 0 Å². The maximum Gasteiger partial charge on any atom is 0.514 e. The summed E-state index contributed by atoms with van der Waals surface area (Å²) in [6, 6.07) is 4.29. The Morgan fingerprint density at radius 3 is 1.71 bits per heavy atom. The third-order valence-electron chi connectivity index (χ3n) is 4.68. The SMILES string of the molecule is COC(=O)[C@@](N)(CCOC(=O)C(C)(C)C)Cc1ccc(OC(=O)OC(C)(C)C)c(OC(=O)OC(C)(C)C)c1. The zero-order chi connectivity index (χ0) is 29.5. The molecule has 1 aromatic rings. The van der Waals surface area contributed by atoms with Crippen LogP contribution in [0.25, 0.3) is 0 Å². The van der Waals surface area contributed by atoms with Gasteiger partial charge in [0.25, 0.3) is 0 Å². The second-order valence-corrected chi connectivity index (χ2v) is 11.9.